The Bertz CT molecular complexity index is 599. The van der Waals surface area contributed by atoms with Gasteiger partial charge >= 0.3 is 11.9 Å². The first-order chi connectivity index (χ1) is 10.5. The summed E-state index contributed by atoms with van der Waals surface area (Å²) in [5.74, 6) is -1.75. The fourth-order valence-electron chi connectivity index (χ4n) is 2.46. The molecule has 0 aliphatic heterocycles. The smallest absolute Gasteiger partial charge is 0.348 e. The van der Waals surface area contributed by atoms with Gasteiger partial charge in [0.1, 0.15) is 0 Å². The van der Waals surface area contributed by atoms with E-state index < -0.39 is 17.5 Å². The first-order valence-corrected chi connectivity index (χ1v) is 7.03. The van der Waals surface area contributed by atoms with Crippen LogP contribution in [0.25, 0.3) is 0 Å². The zero-order valence-electron chi connectivity index (χ0n) is 13.4. The predicted molar refractivity (Wildman–Crippen MR) is 88.2 cm³/mol. The maximum atomic E-state index is 11.9. The molecule has 23 heavy (non-hydrogen) atoms. The Hall–Kier alpha value is -1.62. The van der Waals surface area contributed by atoms with Crippen molar-refractivity contribution in [3.63, 3.8) is 0 Å². The molecular formula is C18H18NaO4. The number of carbonyl (C=O) groups excluding carboxylic acids is 1. The molecule has 5 heteroatoms. The Morgan fingerprint density at radius 2 is 1.30 bits per heavy atom. The van der Waals surface area contributed by atoms with Crippen LogP contribution in [0.1, 0.15) is 18.1 Å². The molecule has 1 radical (unpaired) electrons. The molecule has 0 saturated heterocycles. The Kier molecular flexibility index (Phi) is 7.49. The van der Waals surface area contributed by atoms with E-state index >= 15 is 0 Å². The van der Waals surface area contributed by atoms with E-state index in [0.717, 1.165) is 11.1 Å². The van der Waals surface area contributed by atoms with Gasteiger partial charge in [0.05, 0.1) is 0 Å². The number of esters is 1. The second-order valence-electron chi connectivity index (χ2n) is 5.22. The minimum atomic E-state index is -1.60. The molecule has 4 nitrogen and oxygen atoms in total. The van der Waals surface area contributed by atoms with Gasteiger partial charge in [-0.15, -0.1) is 0 Å². The molecule has 2 aromatic carbocycles. The third-order valence-electron chi connectivity index (χ3n) is 3.39. The van der Waals surface area contributed by atoms with E-state index in [9.17, 15) is 14.7 Å². The van der Waals surface area contributed by atoms with Gasteiger partial charge in [0.2, 0.25) is 5.60 Å². The quantitative estimate of drug-likeness (QED) is 0.656. The van der Waals surface area contributed by atoms with E-state index in [1.165, 1.54) is 6.92 Å². The van der Waals surface area contributed by atoms with Crippen LogP contribution in [0, 0.1) is 0 Å². The van der Waals surface area contributed by atoms with Crippen molar-refractivity contribution in [2.45, 2.75) is 25.4 Å². The minimum absolute atomic E-state index is 0. The summed E-state index contributed by atoms with van der Waals surface area (Å²) >= 11 is 0. The largest absolute Gasteiger partial charge is 0.478 e. The molecule has 0 aliphatic rings. The van der Waals surface area contributed by atoms with Crippen molar-refractivity contribution in [3.8, 4) is 0 Å². The van der Waals surface area contributed by atoms with E-state index in [-0.39, 0.29) is 42.4 Å². The van der Waals surface area contributed by atoms with Gasteiger partial charge in [0.15, 0.2) is 0 Å². The average Bonchev–Trinajstić information content (AvgIpc) is 2.48. The van der Waals surface area contributed by atoms with E-state index in [2.05, 4.69) is 0 Å². The number of rotatable bonds is 6. The summed E-state index contributed by atoms with van der Waals surface area (Å²) in [6.45, 7) is 1.23. The molecule has 115 valence electrons. The van der Waals surface area contributed by atoms with Gasteiger partial charge < -0.3 is 9.84 Å². The number of ether oxygens (including phenoxy) is 1. The Balaban J connectivity index is 0.00000264. The number of hydrogen-bond acceptors (Lipinski definition) is 3. The fourth-order valence-corrected chi connectivity index (χ4v) is 2.46. The normalized spacial score (nSPS) is 10.5. The average molecular weight is 321 g/mol. The summed E-state index contributed by atoms with van der Waals surface area (Å²) in [5.41, 5.74) is 0.0123. The number of carboxylic acids is 1. The Morgan fingerprint density at radius 3 is 1.61 bits per heavy atom. The maximum Gasteiger partial charge on any atom is 0.348 e. The molecule has 2 aromatic rings. The third-order valence-corrected chi connectivity index (χ3v) is 3.39. The van der Waals surface area contributed by atoms with Crippen LogP contribution in [-0.4, -0.2) is 52.2 Å². The first-order valence-electron chi connectivity index (χ1n) is 7.03. The number of aliphatic carboxylic acids is 1. The van der Waals surface area contributed by atoms with Crippen molar-refractivity contribution >= 4 is 41.5 Å². The summed E-state index contributed by atoms with van der Waals surface area (Å²) in [6, 6.07) is 18.3. The van der Waals surface area contributed by atoms with Gasteiger partial charge in [-0.05, 0) is 11.1 Å². The van der Waals surface area contributed by atoms with Crippen molar-refractivity contribution in [1.29, 1.82) is 0 Å². The molecule has 0 amide bonds. The van der Waals surface area contributed by atoms with E-state index in [0.29, 0.717) is 0 Å². The molecule has 0 spiro atoms. The van der Waals surface area contributed by atoms with Crippen molar-refractivity contribution in [2.24, 2.45) is 0 Å². The minimum Gasteiger partial charge on any atom is -0.478 e. The Labute approximate surface area is 157 Å². The molecule has 0 aliphatic carbocycles. The van der Waals surface area contributed by atoms with E-state index in [4.69, 9.17) is 4.74 Å². The summed E-state index contributed by atoms with van der Waals surface area (Å²) < 4.78 is 5.27. The van der Waals surface area contributed by atoms with Crippen molar-refractivity contribution in [2.75, 3.05) is 0 Å². The Morgan fingerprint density at radius 1 is 0.913 bits per heavy atom. The number of carboxylic acid groups (broad SMARTS) is 1. The van der Waals surface area contributed by atoms with Gasteiger partial charge in [0, 0.05) is 49.3 Å². The van der Waals surface area contributed by atoms with Crippen LogP contribution in [0.15, 0.2) is 60.7 Å². The van der Waals surface area contributed by atoms with Gasteiger partial charge in [-0.2, -0.15) is 0 Å². The molecule has 2 rings (SSSR count). The summed E-state index contributed by atoms with van der Waals surface area (Å²) in [6.07, 6.45) is 0.245. The third kappa shape index (κ3) is 5.50. The van der Waals surface area contributed by atoms with Crippen LogP contribution >= 0.6 is 0 Å². The number of hydrogen-bond donors (Lipinski definition) is 1. The van der Waals surface area contributed by atoms with Crippen LogP contribution in [0.2, 0.25) is 0 Å². The van der Waals surface area contributed by atoms with Crippen molar-refractivity contribution in [3.05, 3.63) is 71.8 Å². The summed E-state index contributed by atoms with van der Waals surface area (Å²) in [7, 11) is 0. The number of benzene rings is 2. The SMILES string of the molecule is CC(=O)OC(Cc1ccccc1)(Cc1ccccc1)C(=O)O.[Na]. The molecule has 0 atom stereocenters. The molecule has 1 N–H and O–H groups in total. The summed E-state index contributed by atoms with van der Waals surface area (Å²) in [4.78, 5) is 23.3. The van der Waals surface area contributed by atoms with E-state index in [1.54, 1.807) is 0 Å². The van der Waals surface area contributed by atoms with Crippen LogP contribution in [0.4, 0.5) is 0 Å². The van der Waals surface area contributed by atoms with Gasteiger partial charge in [-0.3, -0.25) is 4.79 Å². The van der Waals surface area contributed by atoms with E-state index in [1.807, 2.05) is 60.7 Å². The van der Waals surface area contributed by atoms with Crippen LogP contribution in [0.5, 0.6) is 0 Å². The van der Waals surface area contributed by atoms with Gasteiger partial charge in [-0.1, -0.05) is 60.7 Å². The van der Waals surface area contributed by atoms with Crippen molar-refractivity contribution in [1.82, 2.24) is 0 Å². The summed E-state index contributed by atoms with van der Waals surface area (Å²) in [5, 5.41) is 9.72. The van der Waals surface area contributed by atoms with Crippen LogP contribution in [-0.2, 0) is 27.2 Å². The molecule has 0 fully saturated rings. The first kappa shape index (κ1) is 19.4. The van der Waals surface area contributed by atoms with Gasteiger partial charge in [0.25, 0.3) is 0 Å². The molecule has 0 heterocycles. The second kappa shape index (κ2) is 8.87. The molecule has 0 bridgehead atoms. The maximum absolute atomic E-state index is 11.9. The fraction of sp³-hybridized carbons (Fsp3) is 0.222. The second-order valence-corrected chi connectivity index (χ2v) is 5.22. The number of carbonyl (C=O) groups is 2. The molecule has 0 aromatic heterocycles. The van der Waals surface area contributed by atoms with Gasteiger partial charge in [-0.25, -0.2) is 4.79 Å². The predicted octanol–water partition coefficient (Wildman–Crippen LogP) is 2.48. The van der Waals surface area contributed by atoms with Crippen LogP contribution < -0.4 is 0 Å². The molecule has 0 saturated carbocycles. The van der Waals surface area contributed by atoms with Crippen molar-refractivity contribution < 1.29 is 19.4 Å². The molecule has 0 unspecified atom stereocenters. The zero-order chi connectivity index (χ0) is 16.0. The standard InChI is InChI=1S/C18H18O4.Na/c1-14(19)22-18(17(20)21,12-15-8-4-2-5-9-15)13-16-10-6-3-7-11-16;/h2-11H,12-13H2,1H3,(H,20,21);. The monoisotopic (exact) mass is 321 g/mol. The zero-order valence-corrected chi connectivity index (χ0v) is 15.4. The van der Waals surface area contributed by atoms with Crippen LogP contribution in [0.3, 0.4) is 0 Å². The molecular weight excluding hydrogens is 303 g/mol. The topological polar surface area (TPSA) is 63.6 Å².